The van der Waals surface area contributed by atoms with Gasteiger partial charge >= 0.3 is 0 Å². The Morgan fingerprint density at radius 2 is 2.29 bits per heavy atom. The molecule has 0 saturated carbocycles. The Hall–Kier alpha value is -0.980. The molecule has 1 rings (SSSR count). The third-order valence-electron chi connectivity index (χ3n) is 1.50. The van der Waals surface area contributed by atoms with Crippen molar-refractivity contribution in [3.05, 3.63) is 16.8 Å². The van der Waals surface area contributed by atoms with Gasteiger partial charge < -0.3 is 5.32 Å². The van der Waals surface area contributed by atoms with Crippen molar-refractivity contribution in [1.82, 2.24) is 15.2 Å². The zero-order valence-corrected chi connectivity index (χ0v) is 9.35. The molecule has 0 aliphatic rings. The first-order chi connectivity index (χ1) is 6.50. The molecule has 0 spiro atoms. The van der Waals surface area contributed by atoms with Crippen molar-refractivity contribution in [3.8, 4) is 0 Å². The van der Waals surface area contributed by atoms with E-state index in [1.807, 2.05) is 6.92 Å². The van der Waals surface area contributed by atoms with Gasteiger partial charge in [0.1, 0.15) is 0 Å². The van der Waals surface area contributed by atoms with Gasteiger partial charge in [-0.05, 0) is 30.8 Å². The third kappa shape index (κ3) is 2.76. The molecule has 0 unspecified atom stereocenters. The Balaban J connectivity index is 2.82. The number of rotatable bonds is 1. The predicted octanol–water partition coefficient (Wildman–Crippen LogP) is 0.941. The van der Waals surface area contributed by atoms with Crippen molar-refractivity contribution >= 4 is 34.7 Å². The largest absolute Gasteiger partial charge is 0.314 e. The number of nitrogens with two attached hydrogens (primary N) is 1. The fourth-order valence-corrected chi connectivity index (χ4v) is 1.06. The van der Waals surface area contributed by atoms with Gasteiger partial charge in [0, 0.05) is 7.05 Å². The fraction of sp³-hybridized carbons (Fsp3) is 0.286. The van der Waals surface area contributed by atoms with E-state index < -0.39 is 0 Å². The maximum atomic E-state index is 5.65. The van der Waals surface area contributed by atoms with E-state index in [-0.39, 0.29) is 0 Å². The van der Waals surface area contributed by atoms with Crippen LogP contribution >= 0.6 is 23.8 Å². The zero-order chi connectivity index (χ0) is 10.7. The van der Waals surface area contributed by atoms with E-state index >= 15 is 0 Å². The molecule has 1 aromatic rings. The van der Waals surface area contributed by atoms with Crippen LogP contribution in [-0.4, -0.2) is 27.4 Å². The lowest BCUT2D eigenvalue weighted by Crippen LogP contribution is -2.37. The quantitative estimate of drug-likeness (QED) is 0.426. The minimum absolute atomic E-state index is 0.347. The maximum absolute atomic E-state index is 5.65. The van der Waals surface area contributed by atoms with Gasteiger partial charge in [-0.1, -0.05) is 11.6 Å². The van der Waals surface area contributed by atoms with E-state index in [9.17, 15) is 0 Å². The van der Waals surface area contributed by atoms with Crippen LogP contribution in [0.2, 0.25) is 5.15 Å². The topological polar surface area (TPSA) is 67.1 Å². The van der Waals surface area contributed by atoms with Crippen LogP contribution < -0.4 is 11.2 Å². The highest BCUT2D eigenvalue weighted by Crippen LogP contribution is 2.13. The number of thiocarbonyl (C=S) groups is 1. The minimum atomic E-state index is 0.347. The number of hydrogen-bond acceptors (Lipinski definition) is 4. The molecule has 1 heterocycles. The maximum Gasteiger partial charge on any atom is 0.188 e. The van der Waals surface area contributed by atoms with Crippen LogP contribution in [0.5, 0.6) is 0 Å². The van der Waals surface area contributed by atoms with Crippen LogP contribution in [0, 0.1) is 6.92 Å². The number of aromatic nitrogens is 2. The average Bonchev–Trinajstić information content (AvgIpc) is 2.09. The van der Waals surface area contributed by atoms with Gasteiger partial charge in [0.05, 0.1) is 0 Å². The average molecular weight is 232 g/mol. The van der Waals surface area contributed by atoms with E-state index in [1.165, 1.54) is 5.01 Å². The Bertz CT molecular complexity index is 354. The number of hydrogen-bond donors (Lipinski definition) is 2. The van der Waals surface area contributed by atoms with Crippen molar-refractivity contribution in [3.63, 3.8) is 0 Å². The molecule has 0 amide bonds. The van der Waals surface area contributed by atoms with Crippen LogP contribution in [0.15, 0.2) is 6.07 Å². The molecule has 3 N–H and O–H groups in total. The molecule has 0 saturated heterocycles. The zero-order valence-electron chi connectivity index (χ0n) is 7.78. The standard InChI is InChI=1S/C7H10ClN5S/c1-4-3-5(8)11-12-6(4)10-7(14)13(2)9/h3H,9H2,1-2H3,(H,10,12,14). The van der Waals surface area contributed by atoms with E-state index in [2.05, 4.69) is 15.5 Å². The SMILES string of the molecule is Cc1cc(Cl)nnc1NC(=S)N(C)N. The predicted molar refractivity (Wildman–Crippen MR) is 60.0 cm³/mol. The lowest BCUT2D eigenvalue weighted by molar-refractivity contribution is 0.547. The fourth-order valence-electron chi connectivity index (χ4n) is 0.766. The lowest BCUT2D eigenvalue weighted by Gasteiger charge is -2.14. The van der Waals surface area contributed by atoms with Crippen LogP contribution in [0.4, 0.5) is 5.82 Å². The van der Waals surface area contributed by atoms with E-state index in [0.29, 0.717) is 16.1 Å². The molecule has 5 nitrogen and oxygen atoms in total. The van der Waals surface area contributed by atoms with Crippen molar-refractivity contribution in [2.45, 2.75) is 6.92 Å². The van der Waals surface area contributed by atoms with Crippen LogP contribution in [0.3, 0.4) is 0 Å². The van der Waals surface area contributed by atoms with Crippen LogP contribution in [-0.2, 0) is 0 Å². The molecule has 1 aromatic heterocycles. The first kappa shape index (κ1) is 11.1. The van der Waals surface area contributed by atoms with Crippen LogP contribution in [0.1, 0.15) is 5.56 Å². The molecule has 0 aromatic carbocycles. The molecule has 0 aliphatic carbocycles. The van der Waals surface area contributed by atoms with Crippen molar-refractivity contribution in [2.24, 2.45) is 5.84 Å². The second-order valence-corrected chi connectivity index (χ2v) is 3.51. The Labute approximate surface area is 92.2 Å². The highest BCUT2D eigenvalue weighted by Gasteiger charge is 2.05. The second-order valence-electron chi connectivity index (χ2n) is 2.74. The summed E-state index contributed by atoms with van der Waals surface area (Å²) in [6.45, 7) is 1.85. The van der Waals surface area contributed by atoms with Crippen molar-refractivity contribution in [2.75, 3.05) is 12.4 Å². The van der Waals surface area contributed by atoms with Gasteiger partial charge in [-0.15, -0.1) is 10.2 Å². The Kier molecular flexibility index (Phi) is 3.56. The number of nitrogens with zero attached hydrogens (tertiary/aromatic N) is 3. The molecular weight excluding hydrogens is 222 g/mol. The molecule has 76 valence electrons. The molecule has 0 fully saturated rings. The number of aryl methyl sites for hydroxylation is 1. The lowest BCUT2D eigenvalue weighted by atomic mass is 10.3. The smallest absolute Gasteiger partial charge is 0.188 e. The summed E-state index contributed by atoms with van der Waals surface area (Å²) in [6.07, 6.45) is 0. The Morgan fingerprint density at radius 3 is 2.79 bits per heavy atom. The number of hydrazine groups is 1. The summed E-state index contributed by atoms with van der Waals surface area (Å²) >= 11 is 10.6. The highest BCUT2D eigenvalue weighted by molar-refractivity contribution is 7.80. The summed E-state index contributed by atoms with van der Waals surface area (Å²) in [5.74, 6) is 5.97. The van der Waals surface area contributed by atoms with E-state index in [0.717, 1.165) is 5.56 Å². The Morgan fingerprint density at radius 1 is 1.64 bits per heavy atom. The van der Waals surface area contributed by atoms with Gasteiger partial charge in [-0.25, -0.2) is 5.84 Å². The second kappa shape index (κ2) is 4.50. The molecule has 14 heavy (non-hydrogen) atoms. The summed E-state index contributed by atoms with van der Waals surface area (Å²) < 4.78 is 0. The molecule has 0 aliphatic heterocycles. The van der Waals surface area contributed by atoms with Gasteiger partial charge in [-0.2, -0.15) is 0 Å². The summed E-state index contributed by atoms with van der Waals surface area (Å²) in [5, 5.41) is 12.4. The van der Waals surface area contributed by atoms with Crippen molar-refractivity contribution < 1.29 is 0 Å². The summed E-state index contributed by atoms with van der Waals surface area (Å²) in [5.41, 5.74) is 0.856. The number of nitrogens with one attached hydrogen (secondary N) is 1. The first-order valence-electron chi connectivity index (χ1n) is 3.80. The van der Waals surface area contributed by atoms with Crippen molar-refractivity contribution in [1.29, 1.82) is 0 Å². The number of anilines is 1. The summed E-state index contributed by atoms with van der Waals surface area (Å²) in [4.78, 5) is 0. The first-order valence-corrected chi connectivity index (χ1v) is 4.58. The van der Waals surface area contributed by atoms with Gasteiger partial charge in [0.25, 0.3) is 0 Å². The summed E-state index contributed by atoms with van der Waals surface area (Å²) in [7, 11) is 1.63. The van der Waals surface area contributed by atoms with Crippen LogP contribution in [0.25, 0.3) is 0 Å². The molecule has 0 atom stereocenters. The molecule has 0 radical (unpaired) electrons. The van der Waals surface area contributed by atoms with E-state index in [1.54, 1.807) is 13.1 Å². The monoisotopic (exact) mass is 231 g/mol. The molecular formula is C7H10ClN5S. The minimum Gasteiger partial charge on any atom is -0.314 e. The molecule has 0 bridgehead atoms. The highest BCUT2D eigenvalue weighted by atomic mass is 35.5. The number of halogens is 1. The third-order valence-corrected chi connectivity index (χ3v) is 2.08. The normalized spacial score (nSPS) is 9.71. The van der Waals surface area contributed by atoms with E-state index in [4.69, 9.17) is 29.7 Å². The van der Waals surface area contributed by atoms with Gasteiger partial charge in [-0.3, -0.25) is 5.01 Å². The van der Waals surface area contributed by atoms with Gasteiger partial charge in [0.2, 0.25) is 0 Å². The van der Waals surface area contributed by atoms with Gasteiger partial charge in [0.15, 0.2) is 16.1 Å². The molecule has 7 heteroatoms. The summed E-state index contributed by atoms with van der Waals surface area (Å²) in [6, 6.07) is 1.69.